The predicted octanol–water partition coefficient (Wildman–Crippen LogP) is 2.12. The molecule has 1 saturated carbocycles. The molecule has 4 rings (SSSR count). The molecule has 0 bridgehead atoms. The lowest BCUT2D eigenvalue weighted by Crippen LogP contribution is -2.24. The molecule has 7 nitrogen and oxygen atoms in total. The molecule has 0 atom stereocenters. The Labute approximate surface area is 141 Å². The Morgan fingerprint density at radius 2 is 2.17 bits per heavy atom. The number of aliphatic hydroxyl groups is 1. The molecule has 1 aliphatic carbocycles. The standard InChI is InChI=1S/C17H24N6O/c24-13-4-2-12(3-5-13)10-20-17-19-8-6-15(22-17)14-11-21-23-9-1-7-18-16(14)23/h6,8,11-13,18,24H,1-5,7,9-10H2,(H,19,20,22). The number of hydrogen-bond acceptors (Lipinski definition) is 6. The average molecular weight is 328 g/mol. The van der Waals surface area contributed by atoms with Gasteiger partial charge in [-0.05, 0) is 44.1 Å². The van der Waals surface area contributed by atoms with Gasteiger partial charge in [-0.1, -0.05) is 0 Å². The third-order valence-electron chi connectivity index (χ3n) is 4.98. The van der Waals surface area contributed by atoms with Crippen molar-refractivity contribution in [1.29, 1.82) is 0 Å². The van der Waals surface area contributed by atoms with E-state index in [0.29, 0.717) is 11.9 Å². The van der Waals surface area contributed by atoms with Gasteiger partial charge in [0.1, 0.15) is 5.82 Å². The van der Waals surface area contributed by atoms with Crippen LogP contribution in [0.4, 0.5) is 11.8 Å². The summed E-state index contributed by atoms with van der Waals surface area (Å²) in [5.41, 5.74) is 1.92. The SMILES string of the molecule is OC1CCC(CNc2nccc(-c3cnn4c3NCCC4)n2)CC1. The summed E-state index contributed by atoms with van der Waals surface area (Å²) in [5.74, 6) is 2.30. The quantitative estimate of drug-likeness (QED) is 0.797. The van der Waals surface area contributed by atoms with Crippen molar-refractivity contribution in [2.45, 2.75) is 44.8 Å². The van der Waals surface area contributed by atoms with Gasteiger partial charge in [-0.25, -0.2) is 14.6 Å². The van der Waals surface area contributed by atoms with E-state index in [0.717, 1.165) is 68.8 Å². The number of hydrogen-bond donors (Lipinski definition) is 3. The smallest absolute Gasteiger partial charge is 0.223 e. The molecule has 128 valence electrons. The predicted molar refractivity (Wildman–Crippen MR) is 92.8 cm³/mol. The zero-order valence-electron chi connectivity index (χ0n) is 13.8. The van der Waals surface area contributed by atoms with Crippen LogP contribution in [0.15, 0.2) is 18.5 Å². The fraction of sp³-hybridized carbons (Fsp3) is 0.588. The lowest BCUT2D eigenvalue weighted by molar-refractivity contribution is 0.111. The number of anilines is 2. The zero-order valence-corrected chi connectivity index (χ0v) is 13.8. The van der Waals surface area contributed by atoms with Gasteiger partial charge in [-0.2, -0.15) is 5.10 Å². The number of aliphatic hydroxyl groups excluding tert-OH is 1. The summed E-state index contributed by atoms with van der Waals surface area (Å²) in [4.78, 5) is 9.00. The molecule has 2 aromatic rings. The van der Waals surface area contributed by atoms with Crippen molar-refractivity contribution in [2.75, 3.05) is 23.7 Å². The first-order valence-corrected chi connectivity index (χ1v) is 8.84. The van der Waals surface area contributed by atoms with Crippen LogP contribution < -0.4 is 10.6 Å². The molecule has 0 aromatic carbocycles. The first-order chi connectivity index (χ1) is 11.8. The summed E-state index contributed by atoms with van der Waals surface area (Å²) in [7, 11) is 0. The molecule has 1 aliphatic heterocycles. The molecule has 3 heterocycles. The molecule has 2 aliphatic rings. The van der Waals surface area contributed by atoms with Crippen molar-refractivity contribution in [3.8, 4) is 11.3 Å². The van der Waals surface area contributed by atoms with Gasteiger partial charge in [0.2, 0.25) is 5.95 Å². The van der Waals surface area contributed by atoms with Crippen LogP contribution >= 0.6 is 0 Å². The third-order valence-corrected chi connectivity index (χ3v) is 4.98. The normalized spacial score (nSPS) is 23.4. The molecule has 0 radical (unpaired) electrons. The van der Waals surface area contributed by atoms with Crippen molar-refractivity contribution >= 4 is 11.8 Å². The maximum absolute atomic E-state index is 9.59. The van der Waals surface area contributed by atoms with E-state index in [1.54, 1.807) is 6.20 Å². The van der Waals surface area contributed by atoms with Gasteiger partial charge in [-0.3, -0.25) is 0 Å². The van der Waals surface area contributed by atoms with E-state index in [1.165, 1.54) is 0 Å². The van der Waals surface area contributed by atoms with Crippen LogP contribution in [0.2, 0.25) is 0 Å². The van der Waals surface area contributed by atoms with E-state index >= 15 is 0 Å². The summed E-state index contributed by atoms with van der Waals surface area (Å²) in [6.07, 6.45) is 8.60. The second-order valence-corrected chi connectivity index (χ2v) is 6.73. The third kappa shape index (κ3) is 3.21. The van der Waals surface area contributed by atoms with Crippen LogP contribution in [0, 0.1) is 5.92 Å². The van der Waals surface area contributed by atoms with E-state index in [9.17, 15) is 5.11 Å². The highest BCUT2D eigenvalue weighted by Gasteiger charge is 2.20. The fourth-order valence-electron chi connectivity index (χ4n) is 3.54. The molecular formula is C17H24N6O. The largest absolute Gasteiger partial charge is 0.393 e. The van der Waals surface area contributed by atoms with Crippen molar-refractivity contribution in [3.63, 3.8) is 0 Å². The monoisotopic (exact) mass is 328 g/mol. The van der Waals surface area contributed by atoms with E-state index in [4.69, 9.17) is 0 Å². The summed E-state index contributed by atoms with van der Waals surface area (Å²) >= 11 is 0. The molecule has 7 heteroatoms. The maximum Gasteiger partial charge on any atom is 0.223 e. The number of rotatable bonds is 4. The molecule has 0 unspecified atom stereocenters. The Balaban J connectivity index is 1.45. The number of aromatic nitrogens is 4. The minimum Gasteiger partial charge on any atom is -0.393 e. The summed E-state index contributed by atoms with van der Waals surface area (Å²) in [5, 5.41) is 20.8. The minimum atomic E-state index is -0.109. The van der Waals surface area contributed by atoms with Gasteiger partial charge in [-0.15, -0.1) is 0 Å². The van der Waals surface area contributed by atoms with Crippen LogP contribution in [0.3, 0.4) is 0 Å². The van der Waals surface area contributed by atoms with Crippen molar-refractivity contribution in [1.82, 2.24) is 19.7 Å². The molecule has 2 aromatic heterocycles. The summed E-state index contributed by atoms with van der Waals surface area (Å²) < 4.78 is 2.00. The van der Waals surface area contributed by atoms with Crippen LogP contribution in [0.5, 0.6) is 0 Å². The number of nitrogens with zero attached hydrogens (tertiary/aromatic N) is 4. The Morgan fingerprint density at radius 3 is 3.04 bits per heavy atom. The van der Waals surface area contributed by atoms with Crippen LogP contribution in [0.1, 0.15) is 32.1 Å². The van der Waals surface area contributed by atoms with Crippen LogP contribution in [0.25, 0.3) is 11.3 Å². The van der Waals surface area contributed by atoms with Gasteiger partial charge >= 0.3 is 0 Å². The highest BCUT2D eigenvalue weighted by atomic mass is 16.3. The second kappa shape index (κ2) is 6.76. The van der Waals surface area contributed by atoms with Gasteiger partial charge < -0.3 is 15.7 Å². The van der Waals surface area contributed by atoms with E-state index in [1.807, 2.05) is 16.9 Å². The molecule has 3 N–H and O–H groups in total. The fourth-order valence-corrected chi connectivity index (χ4v) is 3.54. The lowest BCUT2D eigenvalue weighted by Gasteiger charge is -2.25. The van der Waals surface area contributed by atoms with Crippen molar-refractivity contribution < 1.29 is 5.11 Å². The molecular weight excluding hydrogens is 304 g/mol. The van der Waals surface area contributed by atoms with Gasteiger partial charge in [0, 0.05) is 25.8 Å². The van der Waals surface area contributed by atoms with E-state index in [-0.39, 0.29) is 6.10 Å². The Kier molecular flexibility index (Phi) is 4.34. The van der Waals surface area contributed by atoms with E-state index in [2.05, 4.69) is 25.7 Å². The molecule has 0 spiro atoms. The van der Waals surface area contributed by atoms with Crippen molar-refractivity contribution in [2.24, 2.45) is 5.92 Å². The molecule has 0 amide bonds. The Morgan fingerprint density at radius 1 is 1.29 bits per heavy atom. The topological polar surface area (TPSA) is 87.9 Å². The zero-order chi connectivity index (χ0) is 16.4. The summed E-state index contributed by atoms with van der Waals surface area (Å²) in [6, 6.07) is 1.93. The second-order valence-electron chi connectivity index (χ2n) is 6.73. The highest BCUT2D eigenvalue weighted by Crippen LogP contribution is 2.29. The highest BCUT2D eigenvalue weighted by molar-refractivity contribution is 5.73. The lowest BCUT2D eigenvalue weighted by atomic mass is 9.87. The van der Waals surface area contributed by atoms with Crippen LogP contribution in [-0.4, -0.2) is 44.0 Å². The minimum absolute atomic E-state index is 0.109. The van der Waals surface area contributed by atoms with Gasteiger partial charge in [0.15, 0.2) is 0 Å². The first kappa shape index (κ1) is 15.4. The number of aryl methyl sites for hydroxylation is 1. The summed E-state index contributed by atoms with van der Waals surface area (Å²) in [6.45, 7) is 2.79. The Hall–Kier alpha value is -2.15. The van der Waals surface area contributed by atoms with Gasteiger partial charge in [0.05, 0.1) is 23.6 Å². The molecule has 1 fully saturated rings. The maximum atomic E-state index is 9.59. The number of nitrogens with one attached hydrogen (secondary N) is 2. The number of fused-ring (bicyclic) bond motifs is 1. The van der Waals surface area contributed by atoms with Gasteiger partial charge in [0.25, 0.3) is 0 Å². The average Bonchev–Trinajstić information content (AvgIpc) is 3.06. The van der Waals surface area contributed by atoms with Crippen LogP contribution in [-0.2, 0) is 6.54 Å². The first-order valence-electron chi connectivity index (χ1n) is 8.84. The van der Waals surface area contributed by atoms with E-state index < -0.39 is 0 Å². The Bertz CT molecular complexity index is 692. The molecule has 24 heavy (non-hydrogen) atoms. The van der Waals surface area contributed by atoms with Crippen molar-refractivity contribution in [3.05, 3.63) is 18.5 Å². The molecule has 0 saturated heterocycles.